The summed E-state index contributed by atoms with van der Waals surface area (Å²) < 4.78 is 0. The Morgan fingerprint density at radius 1 is 0.789 bits per heavy atom. The van der Waals surface area contributed by atoms with Gasteiger partial charge < -0.3 is 0 Å². The minimum absolute atomic E-state index is 0.834. The fourth-order valence-corrected chi connectivity index (χ4v) is 2.20. The molecule has 0 unspecified atom stereocenters. The fourth-order valence-electron chi connectivity index (χ4n) is 2.20. The molecular formula is C19H18. The number of hydrogen-bond acceptors (Lipinski definition) is 0. The van der Waals surface area contributed by atoms with Crippen LogP contribution in [0, 0.1) is 0 Å². The highest BCUT2D eigenvalue weighted by atomic mass is 14.1. The molecule has 2 rings (SSSR count). The summed E-state index contributed by atoms with van der Waals surface area (Å²) in [6.07, 6.45) is 4.70. The lowest BCUT2D eigenvalue weighted by atomic mass is 9.92. The minimum Gasteiger partial charge on any atom is -0.103 e. The molecule has 0 aliphatic rings. The summed E-state index contributed by atoms with van der Waals surface area (Å²) in [6.45, 7) is 7.84. The van der Waals surface area contributed by atoms with Crippen LogP contribution in [0.2, 0.25) is 0 Å². The van der Waals surface area contributed by atoms with Crippen LogP contribution in [0.5, 0.6) is 0 Å². The number of rotatable bonds is 5. The molecule has 0 aromatic heterocycles. The van der Waals surface area contributed by atoms with Gasteiger partial charge in [-0.2, -0.15) is 0 Å². The smallest absolute Gasteiger partial charge is 0.00880 e. The molecule has 0 atom stereocenters. The quantitative estimate of drug-likeness (QED) is 0.378. The molecule has 94 valence electrons. The maximum atomic E-state index is 3.97. The Morgan fingerprint density at radius 3 is 1.79 bits per heavy atom. The van der Waals surface area contributed by atoms with Crippen molar-refractivity contribution in [2.45, 2.75) is 6.42 Å². The number of benzene rings is 2. The van der Waals surface area contributed by atoms with E-state index in [0.717, 1.165) is 6.42 Å². The van der Waals surface area contributed by atoms with E-state index in [1.807, 2.05) is 24.3 Å². The van der Waals surface area contributed by atoms with Crippen molar-refractivity contribution in [1.82, 2.24) is 0 Å². The van der Waals surface area contributed by atoms with Gasteiger partial charge in [0.15, 0.2) is 0 Å². The second-order valence-corrected chi connectivity index (χ2v) is 4.32. The largest absolute Gasteiger partial charge is 0.103 e. The molecule has 0 aliphatic carbocycles. The predicted octanol–water partition coefficient (Wildman–Crippen LogP) is 5.36. The molecule has 0 radical (unpaired) electrons. The molecule has 0 amide bonds. The first-order valence-corrected chi connectivity index (χ1v) is 6.44. The zero-order chi connectivity index (χ0) is 13.5. The summed E-state index contributed by atoms with van der Waals surface area (Å²) in [5.74, 6) is 0. The van der Waals surface area contributed by atoms with Crippen molar-refractivity contribution in [3.05, 3.63) is 97.1 Å². The van der Waals surface area contributed by atoms with E-state index in [2.05, 4.69) is 61.7 Å². The highest BCUT2D eigenvalue weighted by molar-refractivity contribution is 5.95. The van der Waals surface area contributed by atoms with Crippen LogP contribution in [0.3, 0.4) is 0 Å². The lowest BCUT2D eigenvalue weighted by Crippen LogP contribution is -1.90. The molecule has 0 heterocycles. The average Bonchev–Trinajstić information content (AvgIpc) is 2.49. The first-order chi connectivity index (χ1) is 9.36. The third kappa shape index (κ3) is 3.11. The van der Waals surface area contributed by atoms with Crippen molar-refractivity contribution in [3.63, 3.8) is 0 Å². The molecule has 0 nitrogen and oxygen atoms in total. The summed E-state index contributed by atoms with van der Waals surface area (Å²) in [5.41, 5.74) is 4.85. The van der Waals surface area contributed by atoms with Gasteiger partial charge in [-0.15, -0.1) is 6.58 Å². The van der Waals surface area contributed by atoms with Crippen LogP contribution in [-0.2, 0) is 0 Å². The predicted molar refractivity (Wildman–Crippen MR) is 84.7 cm³/mol. The van der Waals surface area contributed by atoms with Crippen LogP contribution in [0.15, 0.2) is 86.0 Å². The normalized spacial score (nSPS) is 11.6. The second-order valence-electron chi connectivity index (χ2n) is 4.32. The Kier molecular flexibility index (Phi) is 4.52. The van der Waals surface area contributed by atoms with Crippen LogP contribution in [0.1, 0.15) is 17.5 Å². The molecule has 19 heavy (non-hydrogen) atoms. The van der Waals surface area contributed by atoms with Gasteiger partial charge in [0.1, 0.15) is 0 Å². The zero-order valence-electron chi connectivity index (χ0n) is 11.0. The SMILES string of the molecule is C=CC/C(=C(\C=C)c1ccccc1)c1ccccc1. The average molecular weight is 246 g/mol. The van der Waals surface area contributed by atoms with Crippen LogP contribution >= 0.6 is 0 Å². The summed E-state index contributed by atoms with van der Waals surface area (Å²) in [7, 11) is 0. The van der Waals surface area contributed by atoms with Gasteiger partial charge in [0, 0.05) is 0 Å². The van der Waals surface area contributed by atoms with Crippen LogP contribution in [0.4, 0.5) is 0 Å². The van der Waals surface area contributed by atoms with E-state index < -0.39 is 0 Å². The topological polar surface area (TPSA) is 0 Å². The second kappa shape index (κ2) is 6.55. The van der Waals surface area contributed by atoms with Gasteiger partial charge in [-0.1, -0.05) is 79.4 Å². The van der Waals surface area contributed by atoms with Gasteiger partial charge in [0.25, 0.3) is 0 Å². The van der Waals surface area contributed by atoms with Gasteiger partial charge >= 0.3 is 0 Å². The Hall–Kier alpha value is -2.34. The van der Waals surface area contributed by atoms with Crippen LogP contribution < -0.4 is 0 Å². The lowest BCUT2D eigenvalue weighted by Gasteiger charge is -2.12. The molecule has 0 spiro atoms. The molecule has 0 saturated carbocycles. The van der Waals surface area contributed by atoms with Crippen molar-refractivity contribution in [1.29, 1.82) is 0 Å². The lowest BCUT2D eigenvalue weighted by molar-refractivity contribution is 1.40. The molecule has 0 heteroatoms. The Balaban J connectivity index is 2.59. The molecule has 0 saturated heterocycles. The minimum atomic E-state index is 0.834. The van der Waals surface area contributed by atoms with E-state index in [0.29, 0.717) is 0 Å². The number of allylic oxidation sites excluding steroid dienone is 4. The molecule has 2 aromatic carbocycles. The van der Waals surface area contributed by atoms with E-state index >= 15 is 0 Å². The van der Waals surface area contributed by atoms with Crippen LogP contribution in [-0.4, -0.2) is 0 Å². The molecule has 0 N–H and O–H groups in total. The van der Waals surface area contributed by atoms with Gasteiger partial charge in [0.2, 0.25) is 0 Å². The molecule has 0 bridgehead atoms. The van der Waals surface area contributed by atoms with Crippen molar-refractivity contribution in [2.75, 3.05) is 0 Å². The highest BCUT2D eigenvalue weighted by Crippen LogP contribution is 2.29. The van der Waals surface area contributed by atoms with E-state index in [9.17, 15) is 0 Å². The maximum absolute atomic E-state index is 3.97. The molecule has 0 aliphatic heterocycles. The molecule has 2 aromatic rings. The highest BCUT2D eigenvalue weighted by Gasteiger charge is 2.07. The van der Waals surface area contributed by atoms with Gasteiger partial charge in [0.05, 0.1) is 0 Å². The van der Waals surface area contributed by atoms with E-state index in [-0.39, 0.29) is 0 Å². The van der Waals surface area contributed by atoms with Crippen molar-refractivity contribution < 1.29 is 0 Å². The Bertz CT molecular complexity index is 574. The van der Waals surface area contributed by atoms with Crippen molar-refractivity contribution >= 4 is 11.1 Å². The summed E-state index contributed by atoms with van der Waals surface area (Å²) in [6, 6.07) is 20.8. The van der Waals surface area contributed by atoms with Crippen molar-refractivity contribution in [2.24, 2.45) is 0 Å². The van der Waals surface area contributed by atoms with Crippen molar-refractivity contribution in [3.8, 4) is 0 Å². The summed E-state index contributed by atoms with van der Waals surface area (Å²) >= 11 is 0. The molecule has 0 fully saturated rings. The van der Waals surface area contributed by atoms with Gasteiger partial charge in [-0.05, 0) is 28.7 Å². The zero-order valence-corrected chi connectivity index (χ0v) is 11.0. The summed E-state index contributed by atoms with van der Waals surface area (Å²) in [5, 5.41) is 0. The third-order valence-corrected chi connectivity index (χ3v) is 3.08. The first kappa shape index (κ1) is 13.1. The van der Waals surface area contributed by atoms with E-state index in [4.69, 9.17) is 0 Å². The third-order valence-electron chi connectivity index (χ3n) is 3.08. The maximum Gasteiger partial charge on any atom is -0.00880 e. The van der Waals surface area contributed by atoms with Gasteiger partial charge in [-0.25, -0.2) is 0 Å². The van der Waals surface area contributed by atoms with E-state index in [1.54, 1.807) is 0 Å². The standard InChI is InChI=1S/C19H18/c1-3-11-19(17-14-9-6-10-15-17)18(4-2)16-12-7-5-8-13-16/h3-10,12-15H,1-2,11H2/b19-18-. The Morgan fingerprint density at radius 2 is 1.32 bits per heavy atom. The Labute approximate surface area is 115 Å². The monoisotopic (exact) mass is 246 g/mol. The van der Waals surface area contributed by atoms with Crippen LogP contribution in [0.25, 0.3) is 11.1 Å². The number of hydrogen-bond donors (Lipinski definition) is 0. The fraction of sp³-hybridized carbons (Fsp3) is 0.0526. The van der Waals surface area contributed by atoms with E-state index in [1.165, 1.54) is 22.3 Å². The molecular weight excluding hydrogens is 228 g/mol. The summed E-state index contributed by atoms with van der Waals surface area (Å²) in [4.78, 5) is 0. The first-order valence-electron chi connectivity index (χ1n) is 6.44. The van der Waals surface area contributed by atoms with Gasteiger partial charge in [-0.3, -0.25) is 0 Å².